The lowest BCUT2D eigenvalue weighted by molar-refractivity contribution is 0.669. The minimum atomic E-state index is 0.922. The molecule has 0 bridgehead atoms. The summed E-state index contributed by atoms with van der Waals surface area (Å²) < 4.78 is 12.6. The van der Waals surface area contributed by atoms with Gasteiger partial charge in [-0.15, -0.1) is 0 Å². The van der Waals surface area contributed by atoms with Gasteiger partial charge in [-0.05, 0) is 56.9 Å². The second kappa shape index (κ2) is 8.08. The Morgan fingerprint density at radius 3 is 1.27 bits per heavy atom. The fraction of sp³-hybridized carbons (Fsp3) is 0. The van der Waals surface area contributed by atoms with Crippen molar-refractivity contribution in [3.05, 3.63) is 133 Å². The summed E-state index contributed by atoms with van der Waals surface area (Å²) in [5, 5.41) is 9.52. The first-order chi connectivity index (χ1) is 19.8. The minimum absolute atomic E-state index is 0.922. The van der Waals surface area contributed by atoms with E-state index >= 15 is 0 Å². The zero-order valence-electron chi connectivity index (χ0n) is 21.5. The molecule has 0 saturated heterocycles. The lowest BCUT2D eigenvalue weighted by Crippen LogP contribution is -1.84. The molecule has 0 radical (unpaired) electrons. The van der Waals surface area contributed by atoms with Crippen LogP contribution < -0.4 is 0 Å². The lowest BCUT2D eigenvalue weighted by atomic mass is 9.94. The zero-order chi connectivity index (χ0) is 26.2. The van der Waals surface area contributed by atoms with E-state index in [-0.39, 0.29) is 0 Å². The molecule has 186 valence electrons. The summed E-state index contributed by atoms with van der Waals surface area (Å²) in [6.07, 6.45) is 0. The summed E-state index contributed by atoms with van der Waals surface area (Å²) in [5.74, 6) is 0. The van der Waals surface area contributed by atoms with E-state index < -0.39 is 0 Å². The maximum atomic E-state index is 6.32. The maximum Gasteiger partial charge on any atom is 0.143 e. The largest absolute Gasteiger partial charge is 0.455 e. The third-order valence-corrected chi connectivity index (χ3v) is 8.27. The summed E-state index contributed by atoms with van der Waals surface area (Å²) in [4.78, 5) is 0. The highest BCUT2D eigenvalue weighted by atomic mass is 16.3. The van der Waals surface area contributed by atoms with Crippen molar-refractivity contribution < 1.29 is 8.83 Å². The molecule has 2 nitrogen and oxygen atoms in total. The highest BCUT2D eigenvalue weighted by molar-refractivity contribution is 6.14. The van der Waals surface area contributed by atoms with Crippen molar-refractivity contribution in [2.45, 2.75) is 0 Å². The summed E-state index contributed by atoms with van der Waals surface area (Å²) >= 11 is 0. The fourth-order valence-corrected chi connectivity index (χ4v) is 6.36. The highest BCUT2D eigenvalue weighted by Gasteiger charge is 2.14. The zero-order valence-corrected chi connectivity index (χ0v) is 21.5. The van der Waals surface area contributed by atoms with Gasteiger partial charge in [0.1, 0.15) is 22.3 Å². The van der Waals surface area contributed by atoms with Gasteiger partial charge in [0, 0.05) is 32.7 Å². The molecule has 0 atom stereocenters. The van der Waals surface area contributed by atoms with Crippen molar-refractivity contribution in [3.63, 3.8) is 0 Å². The molecule has 0 fully saturated rings. The van der Waals surface area contributed by atoms with Crippen molar-refractivity contribution in [1.29, 1.82) is 0 Å². The summed E-state index contributed by atoms with van der Waals surface area (Å²) in [6, 6.07) is 47.2. The predicted octanol–water partition coefficient (Wildman–Crippen LogP) is 11.1. The number of fused-ring (bicyclic) bond motifs is 9. The van der Waals surface area contributed by atoms with Gasteiger partial charge in [0.05, 0.1) is 0 Å². The van der Waals surface area contributed by atoms with Gasteiger partial charge in [-0.2, -0.15) is 0 Å². The van der Waals surface area contributed by atoms with Crippen LogP contribution in [0.15, 0.2) is 142 Å². The van der Waals surface area contributed by atoms with Crippen LogP contribution in [-0.4, -0.2) is 0 Å². The Bertz CT molecular complexity index is 2260. The van der Waals surface area contributed by atoms with E-state index in [1.807, 2.05) is 24.3 Å². The first kappa shape index (κ1) is 21.6. The average molecular weight is 511 g/mol. The minimum Gasteiger partial charge on any atom is -0.455 e. The highest BCUT2D eigenvalue weighted by Crippen LogP contribution is 2.39. The van der Waals surface area contributed by atoms with Gasteiger partial charge in [0.15, 0.2) is 0 Å². The Labute approximate surface area is 229 Å². The molecule has 2 heterocycles. The maximum absolute atomic E-state index is 6.32. The summed E-state index contributed by atoms with van der Waals surface area (Å²) in [5.41, 5.74) is 8.27. The Morgan fingerprint density at radius 1 is 0.325 bits per heavy atom. The van der Waals surface area contributed by atoms with Crippen LogP contribution in [0.25, 0.3) is 87.7 Å². The van der Waals surface area contributed by atoms with E-state index in [0.717, 1.165) is 66.1 Å². The number of hydrogen-bond acceptors (Lipinski definition) is 2. The Kier molecular flexibility index (Phi) is 4.36. The molecule has 0 spiro atoms. The lowest BCUT2D eigenvalue weighted by Gasteiger charge is -2.10. The second-order valence-corrected chi connectivity index (χ2v) is 10.5. The average Bonchev–Trinajstić information content (AvgIpc) is 3.59. The quantitative estimate of drug-likeness (QED) is 0.216. The predicted molar refractivity (Wildman–Crippen MR) is 167 cm³/mol. The summed E-state index contributed by atoms with van der Waals surface area (Å²) in [7, 11) is 0. The fourth-order valence-electron chi connectivity index (χ4n) is 6.36. The van der Waals surface area contributed by atoms with Crippen LogP contribution in [0, 0.1) is 0 Å². The Balaban J connectivity index is 1.19. The van der Waals surface area contributed by atoms with Gasteiger partial charge >= 0.3 is 0 Å². The molecule has 0 aliphatic heterocycles. The normalized spacial score (nSPS) is 12.0. The second-order valence-electron chi connectivity index (χ2n) is 10.5. The van der Waals surface area contributed by atoms with E-state index in [9.17, 15) is 0 Å². The third-order valence-electron chi connectivity index (χ3n) is 8.27. The van der Waals surface area contributed by atoms with Gasteiger partial charge in [0.25, 0.3) is 0 Å². The number of rotatable bonds is 2. The van der Waals surface area contributed by atoms with Crippen molar-refractivity contribution >= 4 is 65.4 Å². The molecule has 2 heteroatoms. The van der Waals surface area contributed by atoms with E-state index in [0.29, 0.717) is 0 Å². The smallest absolute Gasteiger partial charge is 0.143 e. The Hall–Kier alpha value is -5.34. The van der Waals surface area contributed by atoms with Crippen LogP contribution in [-0.2, 0) is 0 Å². The van der Waals surface area contributed by atoms with E-state index in [4.69, 9.17) is 8.83 Å². The van der Waals surface area contributed by atoms with Crippen LogP contribution in [0.4, 0.5) is 0 Å². The van der Waals surface area contributed by atoms with Gasteiger partial charge in [0.2, 0.25) is 0 Å². The van der Waals surface area contributed by atoms with Crippen LogP contribution in [0.1, 0.15) is 0 Å². The molecule has 0 aliphatic carbocycles. The third kappa shape index (κ3) is 3.05. The van der Waals surface area contributed by atoms with E-state index in [1.165, 1.54) is 21.5 Å². The molecule has 0 amide bonds. The van der Waals surface area contributed by atoms with Crippen LogP contribution in [0.5, 0.6) is 0 Å². The molecule has 9 aromatic rings. The molecule has 0 saturated carbocycles. The molecule has 7 aromatic carbocycles. The molecular weight excluding hydrogens is 488 g/mol. The number of furan rings is 2. The molecular formula is C38H22O2. The monoisotopic (exact) mass is 510 g/mol. The number of benzene rings is 7. The number of hydrogen-bond donors (Lipinski definition) is 0. The van der Waals surface area contributed by atoms with Gasteiger partial charge in [-0.3, -0.25) is 0 Å². The summed E-state index contributed by atoms with van der Waals surface area (Å²) in [6.45, 7) is 0. The van der Waals surface area contributed by atoms with Crippen LogP contribution >= 0.6 is 0 Å². The van der Waals surface area contributed by atoms with Crippen LogP contribution in [0.2, 0.25) is 0 Å². The van der Waals surface area contributed by atoms with Crippen molar-refractivity contribution in [2.75, 3.05) is 0 Å². The first-order valence-electron chi connectivity index (χ1n) is 13.6. The molecule has 0 unspecified atom stereocenters. The molecule has 40 heavy (non-hydrogen) atoms. The first-order valence-corrected chi connectivity index (χ1v) is 13.6. The molecule has 2 aromatic heterocycles. The van der Waals surface area contributed by atoms with Crippen molar-refractivity contribution in [2.24, 2.45) is 0 Å². The van der Waals surface area contributed by atoms with E-state index in [1.54, 1.807) is 0 Å². The van der Waals surface area contributed by atoms with Gasteiger partial charge in [-0.25, -0.2) is 0 Å². The number of para-hydroxylation sites is 4. The van der Waals surface area contributed by atoms with Crippen molar-refractivity contribution in [1.82, 2.24) is 0 Å². The van der Waals surface area contributed by atoms with Crippen LogP contribution in [0.3, 0.4) is 0 Å². The Morgan fingerprint density at radius 2 is 0.775 bits per heavy atom. The van der Waals surface area contributed by atoms with Gasteiger partial charge in [-0.1, -0.05) is 109 Å². The SMILES string of the molecule is c1ccc2c(c1)oc1c(-c3ccc4c(ccc5cc(-c6cccc7c6oc6ccccc67)ccc54)c3)cccc12. The van der Waals surface area contributed by atoms with E-state index in [2.05, 4.69) is 109 Å². The molecule has 0 aliphatic rings. The van der Waals surface area contributed by atoms with Gasteiger partial charge < -0.3 is 8.83 Å². The molecule has 9 rings (SSSR count). The topological polar surface area (TPSA) is 26.3 Å². The van der Waals surface area contributed by atoms with Crippen molar-refractivity contribution in [3.8, 4) is 22.3 Å². The molecule has 0 N–H and O–H groups in total. The standard InChI is InChI=1S/C38H22O2/c1-3-13-35-31(7-1)33-11-5-9-29(37(33)39-35)25-17-19-27-23(21-25)15-16-24-22-26(18-20-28(24)27)30-10-6-12-34-32-8-2-4-14-36(32)40-38(30)34/h1-22H.